The van der Waals surface area contributed by atoms with Gasteiger partial charge in [-0.1, -0.05) is 23.2 Å². The van der Waals surface area contributed by atoms with Crippen LogP contribution in [0.2, 0.25) is 10.0 Å². The summed E-state index contributed by atoms with van der Waals surface area (Å²) in [4.78, 5) is 13.5. The highest BCUT2D eigenvalue weighted by molar-refractivity contribution is 7.90. The van der Waals surface area contributed by atoms with Crippen LogP contribution in [0.5, 0.6) is 0 Å². The summed E-state index contributed by atoms with van der Waals surface area (Å²) in [6, 6.07) is 4.14. The number of hydrogen-bond acceptors (Lipinski definition) is 3. The fraction of sp³-hybridized carbons (Fsp3) is 0.417. The molecule has 106 valence electrons. The van der Waals surface area contributed by atoms with Crippen LogP contribution in [0.1, 0.15) is 17.3 Å². The van der Waals surface area contributed by atoms with E-state index in [2.05, 4.69) is 0 Å². The quantitative estimate of drug-likeness (QED) is 0.855. The third-order valence-corrected chi connectivity index (χ3v) is 4.52. The van der Waals surface area contributed by atoms with Crippen molar-refractivity contribution in [2.45, 2.75) is 13.0 Å². The Kier molecular flexibility index (Phi) is 5.24. The van der Waals surface area contributed by atoms with E-state index in [-0.39, 0.29) is 16.7 Å². The molecule has 0 fully saturated rings. The standard InChI is InChI=1S/C12H15Cl2NO3S/c1-8(7-19(3,17)18)15(2)12(16)9-4-5-10(13)11(14)6-9/h4-6,8H,7H2,1-3H3/t8-/m1/s1. The molecule has 1 rings (SSSR count). The summed E-state index contributed by atoms with van der Waals surface area (Å²) in [5.74, 6) is -0.383. The van der Waals surface area contributed by atoms with Gasteiger partial charge in [-0.15, -0.1) is 0 Å². The third-order valence-electron chi connectivity index (χ3n) is 2.69. The first kappa shape index (κ1) is 16.3. The molecule has 0 aromatic heterocycles. The molecule has 0 saturated carbocycles. The van der Waals surface area contributed by atoms with Crippen molar-refractivity contribution in [2.24, 2.45) is 0 Å². The topological polar surface area (TPSA) is 54.5 Å². The van der Waals surface area contributed by atoms with Gasteiger partial charge in [-0.2, -0.15) is 0 Å². The van der Waals surface area contributed by atoms with Gasteiger partial charge in [-0.05, 0) is 25.1 Å². The minimum Gasteiger partial charge on any atom is -0.338 e. The van der Waals surface area contributed by atoms with E-state index in [4.69, 9.17) is 23.2 Å². The zero-order valence-corrected chi connectivity index (χ0v) is 13.2. The van der Waals surface area contributed by atoms with Gasteiger partial charge in [0.2, 0.25) is 0 Å². The van der Waals surface area contributed by atoms with Crippen LogP contribution in [0.4, 0.5) is 0 Å². The molecule has 0 aliphatic rings. The molecule has 1 amide bonds. The molecule has 1 atom stereocenters. The minimum absolute atomic E-state index is 0.0867. The summed E-state index contributed by atoms with van der Waals surface area (Å²) in [5, 5.41) is 0.654. The maximum absolute atomic E-state index is 12.2. The summed E-state index contributed by atoms with van der Waals surface area (Å²) in [5.41, 5.74) is 0.372. The predicted octanol–water partition coefficient (Wildman–Crippen LogP) is 2.50. The molecule has 0 aliphatic heterocycles. The maximum atomic E-state index is 12.2. The molecular formula is C12H15Cl2NO3S. The first-order valence-corrected chi connectivity index (χ1v) is 8.33. The molecule has 0 unspecified atom stereocenters. The van der Waals surface area contributed by atoms with E-state index in [1.807, 2.05) is 0 Å². The Hall–Kier alpha value is -0.780. The summed E-state index contributed by atoms with van der Waals surface area (Å²) in [7, 11) is -1.58. The lowest BCUT2D eigenvalue weighted by Gasteiger charge is -2.24. The maximum Gasteiger partial charge on any atom is 0.253 e. The van der Waals surface area contributed by atoms with Gasteiger partial charge in [0.05, 0.1) is 15.8 Å². The van der Waals surface area contributed by atoms with E-state index in [0.29, 0.717) is 10.6 Å². The SMILES string of the molecule is C[C@H](CS(C)(=O)=O)N(C)C(=O)c1ccc(Cl)c(Cl)c1. The van der Waals surface area contributed by atoms with Gasteiger partial charge in [0.1, 0.15) is 9.84 Å². The lowest BCUT2D eigenvalue weighted by atomic mass is 10.2. The van der Waals surface area contributed by atoms with Crippen LogP contribution in [0, 0.1) is 0 Å². The van der Waals surface area contributed by atoms with Gasteiger partial charge in [0, 0.05) is 24.9 Å². The molecule has 0 N–H and O–H groups in total. The van der Waals surface area contributed by atoms with Gasteiger partial charge >= 0.3 is 0 Å². The number of hydrogen-bond donors (Lipinski definition) is 0. The van der Waals surface area contributed by atoms with E-state index >= 15 is 0 Å². The number of rotatable bonds is 4. The molecule has 4 nitrogen and oxygen atoms in total. The molecule has 0 aliphatic carbocycles. The monoisotopic (exact) mass is 323 g/mol. The average Bonchev–Trinajstić information content (AvgIpc) is 2.28. The predicted molar refractivity (Wildman–Crippen MR) is 77.7 cm³/mol. The number of carbonyl (C=O) groups is 1. The third kappa shape index (κ3) is 4.67. The Labute approximate surface area is 123 Å². The van der Waals surface area contributed by atoms with Crippen molar-refractivity contribution < 1.29 is 13.2 Å². The van der Waals surface area contributed by atoms with Gasteiger partial charge in [-0.25, -0.2) is 8.42 Å². The lowest BCUT2D eigenvalue weighted by Crippen LogP contribution is -2.39. The Bertz CT molecular complexity index is 587. The van der Waals surface area contributed by atoms with Crippen molar-refractivity contribution in [1.29, 1.82) is 0 Å². The summed E-state index contributed by atoms with van der Waals surface area (Å²) >= 11 is 11.6. The summed E-state index contributed by atoms with van der Waals surface area (Å²) in [6.45, 7) is 1.68. The average molecular weight is 324 g/mol. The Morgan fingerprint density at radius 2 is 1.89 bits per heavy atom. The van der Waals surface area contributed by atoms with Crippen molar-refractivity contribution in [3.8, 4) is 0 Å². The Balaban J connectivity index is 2.90. The minimum atomic E-state index is -3.14. The molecular weight excluding hydrogens is 309 g/mol. The van der Waals surface area contributed by atoms with Crippen LogP contribution in [-0.2, 0) is 9.84 Å². The van der Waals surface area contributed by atoms with Crippen molar-refractivity contribution in [1.82, 2.24) is 4.90 Å². The van der Waals surface area contributed by atoms with Crippen LogP contribution < -0.4 is 0 Å². The number of benzene rings is 1. The molecule has 1 aromatic rings. The van der Waals surface area contributed by atoms with Gasteiger partial charge < -0.3 is 4.90 Å². The summed E-state index contributed by atoms with van der Waals surface area (Å²) < 4.78 is 22.5. The van der Waals surface area contributed by atoms with Crippen LogP contribution in [0.25, 0.3) is 0 Å². The Morgan fingerprint density at radius 3 is 2.37 bits per heavy atom. The van der Waals surface area contributed by atoms with E-state index in [0.717, 1.165) is 6.26 Å². The van der Waals surface area contributed by atoms with E-state index < -0.39 is 15.9 Å². The Morgan fingerprint density at radius 1 is 1.32 bits per heavy atom. The van der Waals surface area contributed by atoms with E-state index in [1.165, 1.54) is 17.0 Å². The molecule has 0 heterocycles. The highest BCUT2D eigenvalue weighted by atomic mass is 35.5. The molecule has 0 saturated heterocycles. The first-order chi connectivity index (χ1) is 8.61. The molecule has 0 spiro atoms. The van der Waals surface area contributed by atoms with Crippen molar-refractivity contribution in [2.75, 3.05) is 19.1 Å². The molecule has 19 heavy (non-hydrogen) atoms. The fourth-order valence-electron chi connectivity index (χ4n) is 1.58. The molecule has 7 heteroatoms. The normalized spacial score (nSPS) is 13.1. The van der Waals surface area contributed by atoms with Gasteiger partial charge in [-0.3, -0.25) is 4.79 Å². The number of nitrogens with zero attached hydrogens (tertiary/aromatic N) is 1. The van der Waals surface area contributed by atoms with Crippen LogP contribution >= 0.6 is 23.2 Å². The zero-order chi connectivity index (χ0) is 14.8. The molecule has 0 bridgehead atoms. The number of amides is 1. The van der Waals surface area contributed by atoms with Gasteiger partial charge in [0.25, 0.3) is 5.91 Å². The number of sulfone groups is 1. The second-order valence-corrected chi connectivity index (χ2v) is 7.49. The smallest absolute Gasteiger partial charge is 0.253 e. The lowest BCUT2D eigenvalue weighted by molar-refractivity contribution is 0.0757. The molecule has 0 radical (unpaired) electrons. The zero-order valence-electron chi connectivity index (χ0n) is 10.9. The summed E-state index contributed by atoms with van der Waals surface area (Å²) in [6.07, 6.45) is 1.14. The first-order valence-electron chi connectivity index (χ1n) is 5.51. The number of halogens is 2. The van der Waals surface area contributed by atoms with E-state index in [9.17, 15) is 13.2 Å². The van der Waals surface area contributed by atoms with Crippen molar-refractivity contribution in [3.63, 3.8) is 0 Å². The largest absolute Gasteiger partial charge is 0.338 e. The highest BCUT2D eigenvalue weighted by Gasteiger charge is 2.21. The van der Waals surface area contributed by atoms with Gasteiger partial charge in [0.15, 0.2) is 0 Å². The van der Waals surface area contributed by atoms with E-state index in [1.54, 1.807) is 20.0 Å². The van der Waals surface area contributed by atoms with Crippen molar-refractivity contribution in [3.05, 3.63) is 33.8 Å². The van der Waals surface area contributed by atoms with Crippen LogP contribution in [-0.4, -0.2) is 44.3 Å². The van der Waals surface area contributed by atoms with Crippen LogP contribution in [0.15, 0.2) is 18.2 Å². The fourth-order valence-corrected chi connectivity index (χ4v) is 2.98. The molecule has 1 aromatic carbocycles. The van der Waals surface area contributed by atoms with Crippen LogP contribution in [0.3, 0.4) is 0 Å². The highest BCUT2D eigenvalue weighted by Crippen LogP contribution is 2.23. The second kappa shape index (κ2) is 6.11. The van der Waals surface area contributed by atoms with Crippen molar-refractivity contribution >= 4 is 38.9 Å². The number of carbonyl (C=O) groups excluding carboxylic acids is 1. The second-order valence-electron chi connectivity index (χ2n) is 4.49.